The number of primary amides is 1. The molecule has 3 aromatic rings. The second kappa shape index (κ2) is 15.3. The van der Waals surface area contributed by atoms with Gasteiger partial charge in [0, 0.05) is 25.4 Å². The summed E-state index contributed by atoms with van der Waals surface area (Å²) in [4.78, 5) is 18.3. The molecule has 1 fully saturated rings. The topological polar surface area (TPSA) is 147 Å². The van der Waals surface area contributed by atoms with Crippen LogP contribution >= 0.6 is 0 Å². The number of hydrogen-bond acceptors (Lipinski definition) is 9. The number of anilines is 1. The van der Waals surface area contributed by atoms with Gasteiger partial charge in [0.15, 0.2) is 11.5 Å². The SMILES string of the molecule is C=Nn1c(CN2CCCC2C(N)=O)ccc1C(=C)Nc1cn(-c2cc(OC)c(OC)c(OC)c2)cn1.CC.CN. The van der Waals surface area contributed by atoms with E-state index in [4.69, 9.17) is 19.9 Å². The Morgan fingerprint density at radius 2 is 1.80 bits per heavy atom. The third kappa shape index (κ3) is 7.01. The van der Waals surface area contributed by atoms with Crippen molar-refractivity contribution >= 4 is 24.1 Å². The molecule has 1 aliphatic heterocycles. The molecule has 218 valence electrons. The van der Waals surface area contributed by atoms with E-state index >= 15 is 0 Å². The Morgan fingerprint density at radius 1 is 1.15 bits per heavy atom. The van der Waals surface area contributed by atoms with Gasteiger partial charge in [0.2, 0.25) is 11.7 Å². The van der Waals surface area contributed by atoms with Gasteiger partial charge in [-0.3, -0.25) is 9.69 Å². The van der Waals surface area contributed by atoms with Crippen LogP contribution < -0.4 is 31.0 Å². The standard InChI is InChI=1S/C25H31N7O4.C2H6.CH5N/c1-16(19-9-8-17(32(19)27-2)13-30-10-6-7-20(30)25(26)33)29-23-14-31(15-28-23)18-11-21(34-3)24(36-5)22(12-18)35-4;2*1-2/h8-9,11-12,14-15,20,29H,1-2,6-7,10,13H2,3-5H3,(H2,26,33);1-2H3;2H2,1H3. The van der Waals surface area contributed by atoms with Crippen molar-refractivity contribution in [1.82, 2.24) is 19.1 Å². The number of nitrogens with zero attached hydrogens (tertiary/aromatic N) is 5. The molecule has 4 rings (SSSR count). The molecule has 0 bridgehead atoms. The van der Waals surface area contributed by atoms with E-state index in [1.54, 1.807) is 32.3 Å². The Bertz CT molecular complexity index is 1260. The summed E-state index contributed by atoms with van der Waals surface area (Å²) >= 11 is 0. The maximum absolute atomic E-state index is 11.8. The largest absolute Gasteiger partial charge is 0.493 e. The monoisotopic (exact) mass is 554 g/mol. The van der Waals surface area contributed by atoms with Gasteiger partial charge in [-0.05, 0) is 38.6 Å². The molecular weight excluding hydrogens is 512 g/mol. The Labute approximate surface area is 236 Å². The second-order valence-corrected chi connectivity index (χ2v) is 8.35. The number of hydrogen-bond donors (Lipinski definition) is 3. The van der Waals surface area contributed by atoms with Crippen molar-refractivity contribution in [3.63, 3.8) is 0 Å². The maximum atomic E-state index is 11.8. The Morgan fingerprint density at radius 3 is 2.35 bits per heavy atom. The van der Waals surface area contributed by atoms with E-state index in [2.05, 4.69) is 39.3 Å². The second-order valence-electron chi connectivity index (χ2n) is 8.35. The van der Waals surface area contributed by atoms with Gasteiger partial charge in [-0.25, -0.2) is 9.66 Å². The Kier molecular flexibility index (Phi) is 12.2. The number of methoxy groups -OCH3 is 3. The summed E-state index contributed by atoms with van der Waals surface area (Å²) in [6.07, 6.45) is 5.20. The first-order valence-corrected chi connectivity index (χ1v) is 13.0. The highest BCUT2D eigenvalue weighted by molar-refractivity contribution is 5.80. The summed E-state index contributed by atoms with van der Waals surface area (Å²) in [5.74, 6) is 1.88. The zero-order valence-corrected chi connectivity index (χ0v) is 24.3. The van der Waals surface area contributed by atoms with Crippen LogP contribution in [0.1, 0.15) is 38.1 Å². The van der Waals surface area contributed by atoms with Crippen LogP contribution in [0.2, 0.25) is 0 Å². The molecule has 5 N–H and O–H groups in total. The summed E-state index contributed by atoms with van der Waals surface area (Å²) < 4.78 is 19.8. The molecule has 1 aromatic carbocycles. The number of nitrogens with one attached hydrogen (secondary N) is 1. The fraction of sp³-hybridized carbons (Fsp3) is 0.393. The first-order valence-electron chi connectivity index (χ1n) is 13.0. The van der Waals surface area contributed by atoms with Gasteiger partial charge in [0.25, 0.3) is 0 Å². The molecule has 40 heavy (non-hydrogen) atoms. The normalized spacial score (nSPS) is 14.2. The van der Waals surface area contributed by atoms with Gasteiger partial charge in [0.1, 0.15) is 12.1 Å². The minimum atomic E-state index is -0.300. The van der Waals surface area contributed by atoms with Gasteiger partial charge in [-0.15, -0.1) is 0 Å². The molecule has 1 unspecified atom stereocenters. The third-order valence-electron chi connectivity index (χ3n) is 6.25. The van der Waals surface area contributed by atoms with Crippen molar-refractivity contribution < 1.29 is 19.0 Å². The quantitative estimate of drug-likeness (QED) is 0.306. The number of rotatable bonds is 11. The summed E-state index contributed by atoms with van der Waals surface area (Å²) in [6.45, 7) is 13.2. The van der Waals surface area contributed by atoms with E-state index in [1.165, 1.54) is 7.05 Å². The van der Waals surface area contributed by atoms with E-state index in [9.17, 15) is 4.79 Å². The van der Waals surface area contributed by atoms with Crippen LogP contribution in [0.4, 0.5) is 5.82 Å². The number of amides is 1. The number of benzene rings is 1. The van der Waals surface area contributed by atoms with E-state index in [0.29, 0.717) is 35.3 Å². The minimum Gasteiger partial charge on any atom is -0.493 e. The molecule has 12 nitrogen and oxygen atoms in total. The third-order valence-corrected chi connectivity index (χ3v) is 6.25. The zero-order valence-electron chi connectivity index (χ0n) is 24.3. The fourth-order valence-corrected chi connectivity index (χ4v) is 4.50. The van der Waals surface area contributed by atoms with Crippen molar-refractivity contribution in [2.24, 2.45) is 16.6 Å². The summed E-state index contributed by atoms with van der Waals surface area (Å²) in [5, 5.41) is 7.40. The first kappa shape index (κ1) is 31.9. The van der Waals surface area contributed by atoms with Gasteiger partial charge in [-0.2, -0.15) is 5.10 Å². The van der Waals surface area contributed by atoms with E-state index < -0.39 is 0 Å². The van der Waals surface area contributed by atoms with Crippen LogP contribution in [0.5, 0.6) is 17.2 Å². The molecule has 2 aromatic heterocycles. The molecule has 0 aliphatic carbocycles. The van der Waals surface area contributed by atoms with E-state index in [0.717, 1.165) is 36.5 Å². The van der Waals surface area contributed by atoms with Crippen LogP contribution in [0.25, 0.3) is 11.4 Å². The molecule has 1 aliphatic rings. The smallest absolute Gasteiger partial charge is 0.234 e. The molecule has 1 saturated heterocycles. The highest BCUT2D eigenvalue weighted by Crippen LogP contribution is 2.39. The van der Waals surface area contributed by atoms with Crippen molar-refractivity contribution in [1.29, 1.82) is 0 Å². The number of likely N-dealkylation sites (tertiary alicyclic amines) is 1. The zero-order chi connectivity index (χ0) is 29.8. The van der Waals surface area contributed by atoms with E-state index in [-0.39, 0.29) is 11.9 Å². The maximum Gasteiger partial charge on any atom is 0.234 e. The Balaban J connectivity index is 0.00000134. The van der Waals surface area contributed by atoms with Crippen LogP contribution in [0.3, 0.4) is 0 Å². The summed E-state index contributed by atoms with van der Waals surface area (Å²) in [5.41, 5.74) is 13.1. The van der Waals surface area contributed by atoms with Crippen LogP contribution in [0, 0.1) is 0 Å². The predicted octanol–water partition coefficient (Wildman–Crippen LogP) is 3.30. The van der Waals surface area contributed by atoms with Gasteiger partial charge in [-0.1, -0.05) is 20.4 Å². The number of aromatic nitrogens is 3. The van der Waals surface area contributed by atoms with Crippen LogP contribution in [-0.2, 0) is 11.3 Å². The van der Waals surface area contributed by atoms with E-state index in [1.807, 2.05) is 48.9 Å². The molecule has 12 heteroatoms. The van der Waals surface area contributed by atoms with Gasteiger partial charge in [0.05, 0.1) is 56.3 Å². The van der Waals surface area contributed by atoms with Crippen LogP contribution in [-0.4, -0.2) is 72.7 Å². The highest BCUT2D eigenvalue weighted by atomic mass is 16.5. The predicted molar refractivity (Wildman–Crippen MR) is 159 cm³/mol. The molecule has 3 heterocycles. The molecule has 1 amide bonds. The molecular formula is C28H42N8O4. The molecule has 0 spiro atoms. The number of ether oxygens (including phenoxy) is 3. The van der Waals surface area contributed by atoms with Crippen molar-refractivity contribution in [2.75, 3.05) is 40.2 Å². The fourth-order valence-electron chi connectivity index (χ4n) is 4.50. The lowest BCUT2D eigenvalue weighted by Gasteiger charge is -2.22. The van der Waals surface area contributed by atoms with Crippen LogP contribution in [0.15, 0.2) is 48.5 Å². The lowest BCUT2D eigenvalue weighted by molar-refractivity contribution is -0.122. The number of carbonyl (C=O) groups excluding carboxylic acids is 1. The lowest BCUT2D eigenvalue weighted by Crippen LogP contribution is -2.40. The summed E-state index contributed by atoms with van der Waals surface area (Å²) in [6, 6.07) is 7.26. The summed E-state index contributed by atoms with van der Waals surface area (Å²) in [7, 11) is 6.20. The average molecular weight is 555 g/mol. The minimum absolute atomic E-state index is 0.262. The highest BCUT2D eigenvalue weighted by Gasteiger charge is 2.29. The number of imidazole rings is 1. The molecule has 0 radical (unpaired) electrons. The first-order chi connectivity index (χ1) is 19.4. The van der Waals surface area contributed by atoms with Crippen molar-refractivity contribution in [3.8, 4) is 22.9 Å². The average Bonchev–Trinajstić information content (AvgIpc) is 3.74. The van der Waals surface area contributed by atoms with Crippen molar-refractivity contribution in [2.45, 2.75) is 39.3 Å². The molecule has 0 saturated carbocycles. The Hall–Kier alpha value is -4.29. The molecule has 1 atom stereocenters. The van der Waals surface area contributed by atoms with Crippen molar-refractivity contribution in [3.05, 3.63) is 54.8 Å². The number of carbonyl (C=O) groups is 1. The number of nitrogens with two attached hydrogens (primary N) is 2. The van der Waals surface area contributed by atoms with Gasteiger partial charge < -0.3 is 35.6 Å². The lowest BCUT2D eigenvalue weighted by atomic mass is 10.2. The van der Waals surface area contributed by atoms with Gasteiger partial charge >= 0.3 is 0 Å².